The number of para-hydroxylation sites is 6. The summed E-state index contributed by atoms with van der Waals surface area (Å²) >= 11 is 0. The summed E-state index contributed by atoms with van der Waals surface area (Å²) in [5, 5.41) is 2.48. The van der Waals surface area contributed by atoms with Crippen LogP contribution in [0, 0.1) is 0 Å². The lowest BCUT2D eigenvalue weighted by Crippen LogP contribution is -2.36. The van der Waals surface area contributed by atoms with Crippen molar-refractivity contribution in [2.75, 3.05) is 9.80 Å². The summed E-state index contributed by atoms with van der Waals surface area (Å²) in [7, 11) is 0. The second kappa shape index (κ2) is 17.6. The summed E-state index contributed by atoms with van der Waals surface area (Å²) in [5.74, 6) is 0. The molecule has 76 heavy (non-hydrogen) atoms. The SMILES string of the molecule is c1ccc(-c2ccccc2-c2ccccc2N(c2ccc(-c3ccc4c(c3)c3ccccc3n4-c3ccccc3)cc2)c2cccc3c2-c2ccccc2C32c3ccccc3N(c3ccccc3)c3ccccc32)cc1. The van der Waals surface area contributed by atoms with Crippen molar-refractivity contribution in [2.24, 2.45) is 0 Å². The van der Waals surface area contributed by atoms with Gasteiger partial charge in [0.1, 0.15) is 0 Å². The highest BCUT2D eigenvalue weighted by Gasteiger charge is 2.52. The summed E-state index contributed by atoms with van der Waals surface area (Å²) in [6.45, 7) is 0. The number of hydrogen-bond donors (Lipinski definition) is 0. The Labute approximate surface area is 443 Å². The van der Waals surface area contributed by atoms with E-state index in [-0.39, 0.29) is 0 Å². The predicted octanol–water partition coefficient (Wildman–Crippen LogP) is 19.4. The molecule has 356 valence electrons. The zero-order chi connectivity index (χ0) is 50.2. The molecular formula is C73H49N3. The minimum absolute atomic E-state index is 0.613. The second-order valence-corrected chi connectivity index (χ2v) is 19.9. The Balaban J connectivity index is 0.959. The van der Waals surface area contributed by atoms with Gasteiger partial charge in [-0.25, -0.2) is 0 Å². The maximum absolute atomic E-state index is 2.53. The fourth-order valence-corrected chi connectivity index (χ4v) is 12.9. The average molecular weight is 968 g/mol. The van der Waals surface area contributed by atoms with Gasteiger partial charge in [0, 0.05) is 39.0 Å². The van der Waals surface area contributed by atoms with Gasteiger partial charge in [-0.05, 0) is 134 Å². The van der Waals surface area contributed by atoms with Crippen molar-refractivity contribution in [1.82, 2.24) is 4.57 Å². The van der Waals surface area contributed by atoms with E-state index in [1.54, 1.807) is 0 Å². The third kappa shape index (κ3) is 6.56. The Kier molecular flexibility index (Phi) is 10.1. The Morgan fingerprint density at radius 1 is 0.289 bits per heavy atom. The van der Waals surface area contributed by atoms with Gasteiger partial charge in [-0.2, -0.15) is 0 Å². The number of hydrogen-bond acceptors (Lipinski definition) is 2. The molecular weight excluding hydrogens is 919 g/mol. The van der Waals surface area contributed by atoms with Crippen LogP contribution in [-0.4, -0.2) is 4.57 Å². The van der Waals surface area contributed by atoms with Gasteiger partial charge < -0.3 is 14.4 Å². The molecule has 1 aromatic heterocycles. The molecule has 1 aliphatic heterocycles. The molecule has 0 fully saturated rings. The van der Waals surface area contributed by atoms with Gasteiger partial charge in [0.15, 0.2) is 0 Å². The van der Waals surface area contributed by atoms with Gasteiger partial charge >= 0.3 is 0 Å². The average Bonchev–Trinajstić information content (AvgIpc) is 4.08. The smallest absolute Gasteiger partial charge is 0.0755 e. The quantitative estimate of drug-likeness (QED) is 0.150. The molecule has 15 rings (SSSR count). The van der Waals surface area contributed by atoms with Crippen molar-refractivity contribution in [3.05, 3.63) is 320 Å². The van der Waals surface area contributed by atoms with Crippen LogP contribution >= 0.6 is 0 Å². The minimum atomic E-state index is -0.613. The molecule has 2 aliphatic rings. The topological polar surface area (TPSA) is 11.4 Å². The molecule has 0 atom stereocenters. The van der Waals surface area contributed by atoms with Crippen LogP contribution in [-0.2, 0) is 5.41 Å². The number of fused-ring (bicyclic) bond motifs is 12. The van der Waals surface area contributed by atoms with Gasteiger partial charge in [-0.1, -0.05) is 218 Å². The summed E-state index contributed by atoms with van der Waals surface area (Å²) < 4.78 is 2.38. The van der Waals surface area contributed by atoms with Crippen LogP contribution in [0.4, 0.5) is 34.1 Å². The largest absolute Gasteiger partial charge is 0.310 e. The molecule has 0 saturated carbocycles. The highest BCUT2D eigenvalue weighted by Crippen LogP contribution is 2.65. The van der Waals surface area contributed by atoms with Gasteiger partial charge in [-0.15, -0.1) is 0 Å². The Bertz CT molecular complexity index is 4300. The van der Waals surface area contributed by atoms with Gasteiger partial charge in [0.05, 0.1) is 39.2 Å². The van der Waals surface area contributed by atoms with Crippen molar-refractivity contribution in [1.29, 1.82) is 0 Å². The first kappa shape index (κ1) is 43.6. The molecule has 1 spiro atoms. The van der Waals surface area contributed by atoms with Crippen LogP contribution in [0.25, 0.3) is 72.0 Å². The highest BCUT2D eigenvalue weighted by atomic mass is 15.2. The van der Waals surface area contributed by atoms with Crippen molar-refractivity contribution in [2.45, 2.75) is 5.41 Å². The van der Waals surface area contributed by atoms with Crippen molar-refractivity contribution >= 4 is 55.9 Å². The van der Waals surface area contributed by atoms with Crippen LogP contribution in [0.3, 0.4) is 0 Å². The first-order valence-electron chi connectivity index (χ1n) is 26.3. The van der Waals surface area contributed by atoms with E-state index in [0.717, 1.165) is 39.6 Å². The third-order valence-electron chi connectivity index (χ3n) is 16.0. The molecule has 3 nitrogen and oxygen atoms in total. The van der Waals surface area contributed by atoms with Crippen molar-refractivity contribution < 1.29 is 0 Å². The van der Waals surface area contributed by atoms with Crippen LogP contribution < -0.4 is 9.80 Å². The maximum atomic E-state index is 2.53. The molecule has 0 radical (unpaired) electrons. The fraction of sp³-hybridized carbons (Fsp3) is 0.0137. The number of benzene rings is 12. The molecule has 0 bridgehead atoms. The number of rotatable bonds is 8. The molecule has 3 heteroatoms. The normalized spacial score (nSPS) is 12.8. The molecule has 0 amide bonds. The molecule has 2 heterocycles. The Morgan fingerprint density at radius 3 is 1.53 bits per heavy atom. The standard InChI is InChI=1S/C73H49N3/c1-4-23-51(24-5-1)56-29-10-11-30-57(56)58-31-13-18-38-66(58)75(55-46-43-50(44-47-55)52-45-48-68-61(49-52)59-32-14-19-39-67(59)74(68)53-25-6-2-7-26-53)71-42-22-37-65-72(71)60-33-12-15-34-62(60)73(65)63-35-16-20-40-69(63)76(54-27-8-3-9-28-54)70-41-21-17-36-64(70)73/h1-49H. The fourth-order valence-electron chi connectivity index (χ4n) is 12.9. The number of anilines is 6. The van der Waals surface area contributed by atoms with E-state index < -0.39 is 5.41 Å². The molecule has 0 saturated heterocycles. The first-order chi connectivity index (χ1) is 37.8. The summed E-state index contributed by atoms with van der Waals surface area (Å²) in [5.41, 5.74) is 24.3. The predicted molar refractivity (Wildman–Crippen MR) is 317 cm³/mol. The van der Waals surface area contributed by atoms with E-state index >= 15 is 0 Å². The van der Waals surface area contributed by atoms with Crippen LogP contribution in [0.1, 0.15) is 22.3 Å². The van der Waals surface area contributed by atoms with Crippen molar-refractivity contribution in [3.63, 3.8) is 0 Å². The Hall–Kier alpha value is -9.96. The maximum Gasteiger partial charge on any atom is 0.0755 e. The zero-order valence-electron chi connectivity index (χ0n) is 41.6. The molecule has 0 unspecified atom stereocenters. The number of nitrogens with zero attached hydrogens (tertiary/aromatic N) is 3. The third-order valence-corrected chi connectivity index (χ3v) is 16.0. The second-order valence-electron chi connectivity index (χ2n) is 19.9. The van der Waals surface area contributed by atoms with E-state index in [4.69, 9.17) is 0 Å². The van der Waals surface area contributed by atoms with E-state index in [1.165, 1.54) is 88.8 Å². The van der Waals surface area contributed by atoms with Gasteiger partial charge in [0.25, 0.3) is 0 Å². The Morgan fingerprint density at radius 2 is 0.803 bits per heavy atom. The van der Waals surface area contributed by atoms with Crippen LogP contribution in [0.5, 0.6) is 0 Å². The lowest BCUT2D eigenvalue weighted by atomic mass is 9.64. The van der Waals surface area contributed by atoms with E-state index in [9.17, 15) is 0 Å². The first-order valence-corrected chi connectivity index (χ1v) is 26.3. The van der Waals surface area contributed by atoms with E-state index in [0.29, 0.717) is 0 Å². The van der Waals surface area contributed by atoms with Crippen LogP contribution in [0.15, 0.2) is 297 Å². The lowest BCUT2D eigenvalue weighted by molar-refractivity contribution is 0.752. The summed E-state index contributed by atoms with van der Waals surface area (Å²) in [6.07, 6.45) is 0. The summed E-state index contributed by atoms with van der Waals surface area (Å²) in [4.78, 5) is 4.98. The molecule has 12 aromatic carbocycles. The highest BCUT2D eigenvalue weighted by molar-refractivity contribution is 6.11. The lowest BCUT2D eigenvalue weighted by Gasteiger charge is -2.45. The minimum Gasteiger partial charge on any atom is -0.310 e. The van der Waals surface area contributed by atoms with Gasteiger partial charge in [-0.3, -0.25) is 0 Å². The zero-order valence-corrected chi connectivity index (χ0v) is 41.6. The molecule has 0 N–H and O–H groups in total. The number of aromatic nitrogens is 1. The van der Waals surface area contributed by atoms with E-state index in [2.05, 4.69) is 312 Å². The molecule has 13 aromatic rings. The van der Waals surface area contributed by atoms with Gasteiger partial charge in [0.2, 0.25) is 0 Å². The van der Waals surface area contributed by atoms with Crippen LogP contribution in [0.2, 0.25) is 0 Å². The summed E-state index contributed by atoms with van der Waals surface area (Å²) in [6, 6.07) is 109. The monoisotopic (exact) mass is 967 g/mol. The van der Waals surface area contributed by atoms with E-state index in [1.807, 2.05) is 0 Å². The molecule has 1 aliphatic carbocycles. The van der Waals surface area contributed by atoms with Crippen molar-refractivity contribution in [3.8, 4) is 50.2 Å².